The summed E-state index contributed by atoms with van der Waals surface area (Å²) in [5.74, 6) is 0.566. The molecular weight excluding hydrogens is 148 g/mol. The van der Waals surface area contributed by atoms with Crippen molar-refractivity contribution in [1.82, 2.24) is 0 Å². The fraction of sp³-hybridized carbons (Fsp3) is 1.00. The van der Waals surface area contributed by atoms with E-state index in [0.717, 1.165) is 0 Å². The molecule has 0 bridgehead atoms. The minimum Gasteiger partial charge on any atom is -0.306 e. The highest BCUT2D eigenvalue weighted by Crippen LogP contribution is 2.16. The van der Waals surface area contributed by atoms with Crippen molar-refractivity contribution in [1.29, 1.82) is 0 Å². The van der Waals surface area contributed by atoms with E-state index in [2.05, 4.69) is 0 Å². The van der Waals surface area contributed by atoms with Gasteiger partial charge in [0.25, 0.3) is 0 Å². The maximum absolute atomic E-state index is 10.7. The van der Waals surface area contributed by atoms with E-state index in [9.17, 15) is 4.21 Å². The third-order valence-corrected chi connectivity index (χ3v) is 3.10. The maximum Gasteiger partial charge on any atom is 0.156 e. The van der Waals surface area contributed by atoms with Crippen LogP contribution in [0.4, 0.5) is 0 Å². The van der Waals surface area contributed by atoms with Crippen molar-refractivity contribution in [3.05, 3.63) is 0 Å². The van der Waals surface area contributed by atoms with E-state index >= 15 is 0 Å². The van der Waals surface area contributed by atoms with Gasteiger partial charge in [0.05, 0.1) is 5.25 Å². The molecule has 0 heterocycles. The Labute approximate surface area is 65.3 Å². The van der Waals surface area contributed by atoms with Crippen LogP contribution in [0, 0.1) is 11.8 Å². The van der Waals surface area contributed by atoms with Crippen LogP contribution in [0.25, 0.3) is 0 Å². The lowest BCUT2D eigenvalue weighted by molar-refractivity contribution is 0.439. The van der Waals surface area contributed by atoms with Crippen LogP contribution >= 0.6 is 0 Å². The lowest BCUT2D eigenvalue weighted by Gasteiger charge is -2.20. The molecule has 1 unspecified atom stereocenters. The Balaban J connectivity index is 4.12. The van der Waals surface area contributed by atoms with Crippen molar-refractivity contribution in [2.45, 2.75) is 32.9 Å². The number of hydrogen-bond acceptors (Lipinski definition) is 1. The van der Waals surface area contributed by atoms with Gasteiger partial charge in [-0.3, -0.25) is 0 Å². The van der Waals surface area contributed by atoms with Crippen molar-refractivity contribution >= 4 is 11.1 Å². The van der Waals surface area contributed by atoms with Crippen LogP contribution < -0.4 is 0 Å². The second-order valence-electron chi connectivity index (χ2n) is 3.23. The summed E-state index contributed by atoms with van der Waals surface area (Å²) in [7, 11) is 0. The van der Waals surface area contributed by atoms with E-state index < -0.39 is 11.1 Å². The first-order chi connectivity index (χ1) is 4.46. The maximum atomic E-state index is 10.7. The lowest BCUT2D eigenvalue weighted by atomic mass is 10.0. The highest BCUT2D eigenvalue weighted by Gasteiger charge is 2.22. The van der Waals surface area contributed by atoms with Crippen LogP contribution in [-0.4, -0.2) is 14.0 Å². The summed E-state index contributed by atoms with van der Waals surface area (Å²) in [4.78, 5) is 0. The monoisotopic (exact) mass is 164 g/mol. The zero-order valence-corrected chi connectivity index (χ0v) is 7.81. The molecule has 0 aromatic heterocycles. The normalized spacial score (nSPS) is 15.2. The molecule has 2 nitrogen and oxygen atoms in total. The standard InChI is InChI=1S/C7H16O2S/c1-5(2)7(6(3)4)10(8)9/h5-7H,1-4H3,(H,8,9). The van der Waals surface area contributed by atoms with Gasteiger partial charge in [0.2, 0.25) is 0 Å². The second kappa shape index (κ2) is 4.09. The van der Waals surface area contributed by atoms with E-state index in [4.69, 9.17) is 4.55 Å². The SMILES string of the molecule is CC(C)C(C(C)C)S(=O)O. The number of hydrogen-bond donors (Lipinski definition) is 1. The molecule has 0 aliphatic rings. The fourth-order valence-corrected chi connectivity index (χ4v) is 2.17. The molecule has 0 aromatic rings. The van der Waals surface area contributed by atoms with Gasteiger partial charge in [0.15, 0.2) is 11.1 Å². The van der Waals surface area contributed by atoms with Crippen LogP contribution in [0.5, 0.6) is 0 Å². The smallest absolute Gasteiger partial charge is 0.156 e. The molecule has 0 rings (SSSR count). The van der Waals surface area contributed by atoms with E-state index in [-0.39, 0.29) is 17.1 Å². The summed E-state index contributed by atoms with van der Waals surface area (Å²) in [6, 6.07) is 0. The first-order valence-electron chi connectivity index (χ1n) is 3.56. The molecule has 0 saturated carbocycles. The van der Waals surface area contributed by atoms with E-state index in [1.807, 2.05) is 27.7 Å². The molecule has 0 aliphatic carbocycles. The van der Waals surface area contributed by atoms with Gasteiger partial charge >= 0.3 is 0 Å². The number of rotatable bonds is 3. The molecule has 0 radical (unpaired) electrons. The second-order valence-corrected chi connectivity index (χ2v) is 4.33. The van der Waals surface area contributed by atoms with Gasteiger partial charge in [0, 0.05) is 0 Å². The van der Waals surface area contributed by atoms with Crippen molar-refractivity contribution < 1.29 is 8.76 Å². The third kappa shape index (κ3) is 2.80. The first-order valence-corrected chi connectivity index (χ1v) is 4.73. The molecule has 0 aromatic carbocycles. The summed E-state index contributed by atoms with van der Waals surface area (Å²) >= 11 is -1.66. The van der Waals surface area contributed by atoms with E-state index in [1.54, 1.807) is 0 Å². The highest BCUT2D eigenvalue weighted by molar-refractivity contribution is 7.79. The van der Waals surface area contributed by atoms with Gasteiger partial charge in [-0.15, -0.1) is 0 Å². The van der Waals surface area contributed by atoms with Gasteiger partial charge in [-0.05, 0) is 11.8 Å². The molecule has 0 spiro atoms. The van der Waals surface area contributed by atoms with Crippen LogP contribution in [0.15, 0.2) is 0 Å². The van der Waals surface area contributed by atoms with E-state index in [0.29, 0.717) is 0 Å². The predicted molar refractivity (Wildman–Crippen MR) is 44.2 cm³/mol. The summed E-state index contributed by atoms with van der Waals surface area (Å²) in [5.41, 5.74) is 0. The van der Waals surface area contributed by atoms with Gasteiger partial charge in [-0.1, -0.05) is 27.7 Å². The third-order valence-electron chi connectivity index (χ3n) is 1.55. The summed E-state index contributed by atoms with van der Waals surface area (Å²) in [6.07, 6.45) is 0. The summed E-state index contributed by atoms with van der Waals surface area (Å²) in [5, 5.41) is -0.0833. The Hall–Kier alpha value is 0.110. The van der Waals surface area contributed by atoms with Crippen LogP contribution in [-0.2, 0) is 11.1 Å². The summed E-state index contributed by atoms with van der Waals surface area (Å²) in [6.45, 7) is 7.88. The Morgan fingerprint density at radius 3 is 1.40 bits per heavy atom. The molecule has 62 valence electrons. The molecule has 10 heavy (non-hydrogen) atoms. The van der Waals surface area contributed by atoms with Gasteiger partial charge in [-0.2, -0.15) is 0 Å². The fourth-order valence-electron chi connectivity index (χ4n) is 1.24. The van der Waals surface area contributed by atoms with Crippen molar-refractivity contribution in [2.75, 3.05) is 0 Å². The molecule has 0 amide bonds. The van der Waals surface area contributed by atoms with Crippen molar-refractivity contribution in [2.24, 2.45) is 11.8 Å². The van der Waals surface area contributed by atoms with Crippen molar-refractivity contribution in [3.63, 3.8) is 0 Å². The molecule has 1 N–H and O–H groups in total. The Kier molecular flexibility index (Phi) is 4.13. The molecular formula is C7H16O2S. The molecule has 3 heteroatoms. The van der Waals surface area contributed by atoms with Gasteiger partial charge < -0.3 is 4.55 Å². The quantitative estimate of drug-likeness (QED) is 0.647. The topological polar surface area (TPSA) is 37.3 Å². The average Bonchev–Trinajstić information content (AvgIpc) is 1.59. The highest BCUT2D eigenvalue weighted by atomic mass is 32.2. The van der Waals surface area contributed by atoms with Crippen LogP contribution in [0.2, 0.25) is 0 Å². The average molecular weight is 164 g/mol. The first kappa shape index (κ1) is 10.1. The van der Waals surface area contributed by atoms with E-state index in [1.165, 1.54) is 0 Å². The van der Waals surface area contributed by atoms with Gasteiger partial charge in [-0.25, -0.2) is 4.21 Å². The molecule has 0 fully saturated rings. The summed E-state index contributed by atoms with van der Waals surface area (Å²) < 4.78 is 19.5. The van der Waals surface area contributed by atoms with Crippen LogP contribution in [0.3, 0.4) is 0 Å². The lowest BCUT2D eigenvalue weighted by Crippen LogP contribution is -2.26. The molecule has 0 saturated heterocycles. The minimum absolute atomic E-state index is 0.0833. The zero-order chi connectivity index (χ0) is 8.31. The molecule has 1 atom stereocenters. The Bertz CT molecular complexity index is 113. The predicted octanol–water partition coefficient (Wildman–Crippen LogP) is 1.89. The van der Waals surface area contributed by atoms with Crippen LogP contribution in [0.1, 0.15) is 27.7 Å². The van der Waals surface area contributed by atoms with Gasteiger partial charge in [0.1, 0.15) is 0 Å². The molecule has 0 aliphatic heterocycles. The Morgan fingerprint density at radius 2 is 1.40 bits per heavy atom. The minimum atomic E-state index is -1.66. The zero-order valence-electron chi connectivity index (χ0n) is 7.00. The Morgan fingerprint density at radius 1 is 1.10 bits per heavy atom. The largest absolute Gasteiger partial charge is 0.306 e. The van der Waals surface area contributed by atoms with Crippen molar-refractivity contribution in [3.8, 4) is 0 Å².